The van der Waals surface area contributed by atoms with Crippen molar-refractivity contribution in [1.29, 1.82) is 0 Å². The van der Waals surface area contributed by atoms with Crippen molar-refractivity contribution in [2.75, 3.05) is 13.2 Å². The maximum absolute atomic E-state index is 5.93. The van der Waals surface area contributed by atoms with E-state index in [0.29, 0.717) is 13.2 Å². The first-order valence-electron chi connectivity index (χ1n) is 6.61. The highest BCUT2D eigenvalue weighted by Crippen LogP contribution is 2.37. The van der Waals surface area contributed by atoms with Crippen LogP contribution in [0.2, 0.25) is 0 Å². The molecule has 2 nitrogen and oxygen atoms in total. The van der Waals surface area contributed by atoms with Gasteiger partial charge in [0.05, 0.1) is 13.2 Å². The molecule has 0 radical (unpaired) electrons. The van der Waals surface area contributed by atoms with E-state index in [0.717, 1.165) is 11.1 Å². The quantitative estimate of drug-likeness (QED) is 0.643. The zero-order valence-corrected chi connectivity index (χ0v) is 12.0. The van der Waals surface area contributed by atoms with Gasteiger partial charge in [0.2, 0.25) is 5.79 Å². The van der Waals surface area contributed by atoms with Crippen LogP contribution < -0.4 is 0 Å². The highest BCUT2D eigenvalue weighted by Gasteiger charge is 2.41. The molecule has 0 aromatic carbocycles. The number of allylic oxidation sites excluding steroid dienone is 7. The average molecular weight is 270 g/mol. The Morgan fingerprint density at radius 1 is 0.900 bits per heavy atom. The van der Waals surface area contributed by atoms with Crippen molar-refractivity contribution in [3.63, 3.8) is 0 Å². The largest absolute Gasteiger partial charge is 0.340 e. The first kappa shape index (κ1) is 16.2. The molecular weight excluding hydrogens is 248 g/mol. The van der Waals surface area contributed by atoms with Gasteiger partial charge in [-0.15, -0.1) is 0 Å². The molecule has 0 atom stereocenters. The highest BCUT2D eigenvalue weighted by atomic mass is 16.7. The molecule has 1 aliphatic rings. The summed E-state index contributed by atoms with van der Waals surface area (Å²) in [6.07, 6.45) is 16.6. The third-order valence-electron chi connectivity index (χ3n) is 2.81. The summed E-state index contributed by atoms with van der Waals surface area (Å²) in [5, 5.41) is 0. The van der Waals surface area contributed by atoms with Crippen LogP contribution in [0.25, 0.3) is 0 Å². The van der Waals surface area contributed by atoms with E-state index >= 15 is 0 Å². The topological polar surface area (TPSA) is 18.5 Å². The first-order chi connectivity index (χ1) is 9.75. The van der Waals surface area contributed by atoms with E-state index in [2.05, 4.69) is 19.7 Å². The Labute approximate surface area is 121 Å². The summed E-state index contributed by atoms with van der Waals surface area (Å²) in [5.74, 6) is -0.908. The summed E-state index contributed by atoms with van der Waals surface area (Å²) in [6.45, 7) is 14.3. The van der Waals surface area contributed by atoms with Crippen LogP contribution in [0.15, 0.2) is 85.6 Å². The molecule has 0 aromatic heterocycles. The molecule has 0 aromatic rings. The summed E-state index contributed by atoms with van der Waals surface area (Å²) in [7, 11) is 0. The number of hydrogen-bond donors (Lipinski definition) is 0. The predicted octanol–water partition coefficient (Wildman–Crippen LogP) is 4.27. The Morgan fingerprint density at radius 3 is 1.90 bits per heavy atom. The van der Waals surface area contributed by atoms with Crippen LogP contribution in [0.3, 0.4) is 0 Å². The summed E-state index contributed by atoms with van der Waals surface area (Å²) < 4.78 is 11.9. The zero-order chi connectivity index (χ0) is 14.8. The molecule has 1 saturated heterocycles. The van der Waals surface area contributed by atoms with Crippen molar-refractivity contribution in [2.45, 2.75) is 12.7 Å². The molecule has 1 fully saturated rings. The second-order valence-corrected chi connectivity index (χ2v) is 4.12. The van der Waals surface area contributed by atoms with Gasteiger partial charge < -0.3 is 9.47 Å². The van der Waals surface area contributed by atoms with Crippen LogP contribution >= 0.6 is 0 Å². The van der Waals surface area contributed by atoms with Crippen molar-refractivity contribution in [3.05, 3.63) is 85.6 Å². The molecule has 0 aliphatic carbocycles. The third kappa shape index (κ3) is 3.56. The maximum Gasteiger partial charge on any atom is 0.222 e. The molecule has 1 rings (SSSR count). The number of hydrogen-bond acceptors (Lipinski definition) is 2. The molecule has 0 amide bonds. The molecule has 1 aliphatic heterocycles. The van der Waals surface area contributed by atoms with Crippen molar-refractivity contribution >= 4 is 0 Å². The van der Waals surface area contributed by atoms with Gasteiger partial charge in [-0.2, -0.15) is 0 Å². The standard InChI is InChI=1S/C18H22O2/c1-5-9-13-17(12-8-4)18(19-14-15-20-18)16(10-6-2)11-7-3/h5-13H,1-2,4,14-15H2,3H3/b11-7-,13-9-,16-10+,17-12+. The van der Waals surface area contributed by atoms with Crippen molar-refractivity contribution in [3.8, 4) is 0 Å². The van der Waals surface area contributed by atoms with Crippen LogP contribution in [0.1, 0.15) is 6.92 Å². The van der Waals surface area contributed by atoms with Gasteiger partial charge in [-0.05, 0) is 6.92 Å². The summed E-state index contributed by atoms with van der Waals surface area (Å²) in [6, 6.07) is 0. The molecular formula is C18H22O2. The van der Waals surface area contributed by atoms with Crippen LogP contribution in [-0.2, 0) is 9.47 Å². The first-order valence-corrected chi connectivity index (χ1v) is 6.61. The summed E-state index contributed by atoms with van der Waals surface area (Å²) >= 11 is 0. The van der Waals surface area contributed by atoms with Gasteiger partial charge in [0, 0.05) is 11.1 Å². The van der Waals surface area contributed by atoms with Crippen LogP contribution in [0.5, 0.6) is 0 Å². The van der Waals surface area contributed by atoms with E-state index in [1.54, 1.807) is 18.2 Å². The lowest BCUT2D eigenvalue weighted by Crippen LogP contribution is -2.34. The molecule has 0 bridgehead atoms. The van der Waals surface area contributed by atoms with E-state index in [9.17, 15) is 0 Å². The van der Waals surface area contributed by atoms with Crippen molar-refractivity contribution in [1.82, 2.24) is 0 Å². The normalized spacial score (nSPS) is 19.6. The van der Waals surface area contributed by atoms with Crippen LogP contribution in [0.4, 0.5) is 0 Å². The molecule has 2 heteroatoms. The Hall–Kier alpha value is -1.90. The van der Waals surface area contributed by atoms with Crippen LogP contribution in [-0.4, -0.2) is 19.0 Å². The molecule has 1 heterocycles. The van der Waals surface area contributed by atoms with Crippen molar-refractivity contribution < 1.29 is 9.47 Å². The smallest absolute Gasteiger partial charge is 0.222 e. The van der Waals surface area contributed by atoms with E-state index in [1.165, 1.54) is 0 Å². The lowest BCUT2D eigenvalue weighted by Gasteiger charge is -2.30. The fourth-order valence-electron chi connectivity index (χ4n) is 2.07. The summed E-state index contributed by atoms with van der Waals surface area (Å²) in [5.41, 5.74) is 1.77. The predicted molar refractivity (Wildman–Crippen MR) is 85.3 cm³/mol. The average Bonchev–Trinajstić information content (AvgIpc) is 2.94. The Balaban J connectivity index is 3.38. The van der Waals surface area contributed by atoms with Gasteiger partial charge in [0.25, 0.3) is 0 Å². The molecule has 20 heavy (non-hydrogen) atoms. The minimum atomic E-state index is -0.908. The van der Waals surface area contributed by atoms with E-state index in [1.807, 2.05) is 43.4 Å². The van der Waals surface area contributed by atoms with E-state index in [4.69, 9.17) is 9.47 Å². The second kappa shape index (κ2) is 8.31. The van der Waals surface area contributed by atoms with E-state index in [-0.39, 0.29) is 0 Å². The molecule has 0 unspecified atom stereocenters. The Kier molecular flexibility index (Phi) is 6.71. The van der Waals surface area contributed by atoms with Crippen LogP contribution in [0, 0.1) is 0 Å². The molecule has 0 saturated carbocycles. The minimum Gasteiger partial charge on any atom is -0.340 e. The van der Waals surface area contributed by atoms with Gasteiger partial charge in [0.1, 0.15) is 0 Å². The Bertz CT molecular complexity index is 470. The van der Waals surface area contributed by atoms with Gasteiger partial charge >= 0.3 is 0 Å². The lowest BCUT2D eigenvalue weighted by atomic mass is 9.95. The van der Waals surface area contributed by atoms with Gasteiger partial charge in [-0.25, -0.2) is 0 Å². The Morgan fingerprint density at radius 2 is 1.45 bits per heavy atom. The van der Waals surface area contributed by atoms with E-state index < -0.39 is 5.79 Å². The zero-order valence-electron chi connectivity index (χ0n) is 12.0. The fraction of sp³-hybridized carbons (Fsp3) is 0.222. The maximum atomic E-state index is 5.93. The van der Waals surface area contributed by atoms with Crippen molar-refractivity contribution in [2.24, 2.45) is 0 Å². The minimum absolute atomic E-state index is 0.544. The molecule has 106 valence electrons. The van der Waals surface area contributed by atoms with Gasteiger partial charge in [-0.1, -0.05) is 74.4 Å². The third-order valence-corrected chi connectivity index (χ3v) is 2.81. The monoisotopic (exact) mass is 270 g/mol. The fourth-order valence-corrected chi connectivity index (χ4v) is 2.07. The lowest BCUT2D eigenvalue weighted by molar-refractivity contribution is -0.0883. The molecule has 0 N–H and O–H groups in total. The highest BCUT2D eigenvalue weighted by molar-refractivity contribution is 5.45. The second-order valence-electron chi connectivity index (χ2n) is 4.12. The molecule has 0 spiro atoms. The number of ether oxygens (including phenoxy) is 2. The summed E-state index contributed by atoms with van der Waals surface area (Å²) in [4.78, 5) is 0. The number of rotatable bonds is 7. The SMILES string of the molecule is C=C/C=C\C(=C/C=C)C1(C(/C=C\C)=C/C=C)OCCO1. The van der Waals surface area contributed by atoms with Gasteiger partial charge in [-0.3, -0.25) is 0 Å². The van der Waals surface area contributed by atoms with Gasteiger partial charge in [0.15, 0.2) is 0 Å².